The maximum atomic E-state index is 13.4. The molecule has 3 aliphatic rings. The van der Waals surface area contributed by atoms with E-state index in [2.05, 4.69) is 66.2 Å². The number of nitrogens with zero attached hydrogens (tertiary/aromatic N) is 6. The van der Waals surface area contributed by atoms with Crippen LogP contribution in [0.5, 0.6) is 11.5 Å². The number of carbonyl (C=O) groups is 3. The number of carbonyl (C=O) groups excluding carboxylic acids is 3. The normalized spacial score (nSPS) is 18.7. The lowest BCUT2D eigenvalue weighted by molar-refractivity contribution is -0.122. The number of ketones is 1. The number of aryl methyl sites for hydroxylation is 1. The zero-order valence-corrected chi connectivity index (χ0v) is 55.9. The summed E-state index contributed by atoms with van der Waals surface area (Å²) in [7, 11) is -9.94. The number of pyridine rings is 3. The molecule has 6 aromatic rings. The van der Waals surface area contributed by atoms with Crippen LogP contribution in [0.25, 0.3) is 0 Å². The van der Waals surface area contributed by atoms with Crippen LogP contribution in [0.3, 0.4) is 0 Å². The van der Waals surface area contributed by atoms with Crippen LogP contribution < -0.4 is 41.7 Å². The van der Waals surface area contributed by atoms with Crippen LogP contribution in [0.15, 0.2) is 109 Å². The highest BCUT2D eigenvalue weighted by Gasteiger charge is 2.42. The van der Waals surface area contributed by atoms with Gasteiger partial charge in [0, 0.05) is 143 Å². The number of methoxy groups -OCH3 is 1. The molecular weight excluding hydrogens is 1240 g/mol. The number of hydrogen-bond donors (Lipinski definition) is 6. The standard InChI is InChI=1S/C68H78N9O11P3S/c1-48-12-14-49(15-13-48)16-19-52-37-55(70-64(40-52)89(3,81)82)43-75-31-33-76(44-56-38-53(41-65(71-56)90(4,83)84)20-17-50-22-26-59(87-2)27-23-50)35-36-77(34-32-75)45-57-39-54(42-66(72-57)91(5,85)86)21-18-51-24-28-60(29-25-51)88-46-58(78)9-8-30-69-63(79)11-7-6-10-62-67-61(47-92-62)73-68(80)74-67/h12-15,22-29,37-42,61-62,67H,6-11,30-36,43-47H2,1-5H3,(H,69,79)(H,81,82)(H,83,84)(H,85,86)(H2,73,74,80)/t61-,62+,67-/m1/s1. The summed E-state index contributed by atoms with van der Waals surface area (Å²) in [5.74, 6) is 20.9. The van der Waals surface area contributed by atoms with E-state index in [-0.39, 0.29) is 65.7 Å². The lowest BCUT2D eigenvalue weighted by Gasteiger charge is -2.26. The average Bonchev–Trinajstić information content (AvgIpc) is 1.44. The molecule has 3 aromatic carbocycles. The van der Waals surface area contributed by atoms with E-state index in [1.165, 1.54) is 26.1 Å². The number of Topliss-reactive ketones (excluding diaryl/α,β-unsaturated/α-hetero) is 1. The van der Waals surface area contributed by atoms with Crippen molar-refractivity contribution in [2.45, 2.75) is 82.4 Å². The fourth-order valence-electron chi connectivity index (χ4n) is 10.6. The molecule has 3 amide bonds. The molecule has 3 fully saturated rings. The molecular formula is C68H78N9O11P3S. The summed E-state index contributed by atoms with van der Waals surface area (Å²) in [5, 5.41) is 9.22. The van der Waals surface area contributed by atoms with Gasteiger partial charge in [-0.1, -0.05) is 59.6 Å². The number of unbranched alkanes of at least 4 members (excludes halogenated alkanes) is 1. The molecule has 9 rings (SSSR count). The van der Waals surface area contributed by atoms with Gasteiger partial charge in [0.15, 0.2) is 5.78 Å². The quantitative estimate of drug-likeness (QED) is 0.0187. The highest BCUT2D eigenvalue weighted by Crippen LogP contribution is 2.36. The Labute approximate surface area is 542 Å². The average molecular weight is 1320 g/mol. The number of amides is 3. The summed E-state index contributed by atoms with van der Waals surface area (Å²) in [5.41, 5.74) is 6.50. The zero-order valence-electron chi connectivity index (χ0n) is 52.4. The molecule has 92 heavy (non-hydrogen) atoms. The van der Waals surface area contributed by atoms with Crippen molar-refractivity contribution >= 4 is 67.9 Å². The molecule has 0 saturated carbocycles. The molecule has 3 saturated heterocycles. The van der Waals surface area contributed by atoms with E-state index in [4.69, 9.17) is 24.4 Å². The summed E-state index contributed by atoms with van der Waals surface area (Å²) in [6.45, 7) is 9.99. The smallest absolute Gasteiger partial charge is 0.315 e. The number of benzene rings is 3. The Morgan fingerprint density at radius 1 is 0.587 bits per heavy atom. The third kappa shape index (κ3) is 21.3. The Hall–Kier alpha value is -7.40. The number of nitrogens with one attached hydrogen (secondary N) is 3. The fraction of sp³-hybridized carbons (Fsp3) is 0.382. The van der Waals surface area contributed by atoms with E-state index in [0.29, 0.717) is 128 Å². The molecule has 6 N–H and O–H groups in total. The number of urea groups is 1. The number of aromatic nitrogens is 3. The van der Waals surface area contributed by atoms with E-state index in [1.54, 1.807) is 49.6 Å². The first-order valence-electron chi connectivity index (χ1n) is 30.6. The van der Waals surface area contributed by atoms with Crippen molar-refractivity contribution in [1.82, 2.24) is 45.6 Å². The second kappa shape index (κ2) is 32.0. The Morgan fingerprint density at radius 2 is 1.01 bits per heavy atom. The van der Waals surface area contributed by atoms with Gasteiger partial charge in [-0.3, -0.25) is 38.0 Å². The first-order valence-corrected chi connectivity index (χ1v) is 37.9. The fourth-order valence-corrected chi connectivity index (χ4v) is 14.3. The lowest BCUT2D eigenvalue weighted by atomic mass is 10.0. The van der Waals surface area contributed by atoms with Gasteiger partial charge in [0.05, 0.1) is 36.3 Å². The van der Waals surface area contributed by atoms with Crippen molar-refractivity contribution < 1.29 is 52.2 Å². The van der Waals surface area contributed by atoms with Crippen LogP contribution in [0.1, 0.15) is 94.6 Å². The van der Waals surface area contributed by atoms with Crippen molar-refractivity contribution in [1.29, 1.82) is 0 Å². The summed E-state index contributed by atoms with van der Waals surface area (Å²) < 4.78 is 50.9. The SMILES string of the molecule is COc1ccc(C#Cc2cc(CN3CCN(Cc4cc(C#Cc5ccc(C)cc5)cc(P(C)(=O)O)n4)CCN(Cc4cc(C#Cc5ccc(OCC(=O)CCCNC(=O)CCCC[C@@H]6SC[C@H]7NC(=O)N[C@@H]67)cc5)cc(P(C)(=O)O)n4)CC3)nc(P(C)(=O)O)c2)cc1. The highest BCUT2D eigenvalue weighted by atomic mass is 32.2. The molecule has 0 aliphatic carbocycles. The van der Waals surface area contributed by atoms with Crippen LogP contribution in [0.2, 0.25) is 0 Å². The third-order valence-corrected chi connectivity index (χ3v) is 20.5. The Kier molecular flexibility index (Phi) is 24.0. The van der Waals surface area contributed by atoms with E-state index in [1.807, 2.05) is 79.3 Å². The predicted octanol–water partition coefficient (Wildman–Crippen LogP) is 6.35. The minimum absolute atomic E-state index is 0.00381. The molecule has 0 bridgehead atoms. The largest absolute Gasteiger partial charge is 0.497 e. The van der Waals surface area contributed by atoms with Gasteiger partial charge in [-0.25, -0.2) is 19.7 Å². The Balaban J connectivity index is 0.868. The predicted molar refractivity (Wildman–Crippen MR) is 360 cm³/mol. The molecule has 24 heteroatoms. The van der Waals surface area contributed by atoms with Crippen LogP contribution in [-0.4, -0.2) is 165 Å². The maximum absolute atomic E-state index is 13.4. The molecule has 3 unspecified atom stereocenters. The van der Waals surface area contributed by atoms with E-state index in [0.717, 1.165) is 41.7 Å². The van der Waals surface area contributed by atoms with Gasteiger partial charge in [0.25, 0.3) is 0 Å². The van der Waals surface area contributed by atoms with Crippen molar-refractivity contribution in [3.8, 4) is 47.0 Å². The summed E-state index contributed by atoms with van der Waals surface area (Å²) >= 11 is 1.86. The molecule has 3 aliphatic heterocycles. The molecule has 20 nitrogen and oxygen atoms in total. The molecule has 0 radical (unpaired) electrons. The Morgan fingerprint density at radius 3 is 1.45 bits per heavy atom. The van der Waals surface area contributed by atoms with Gasteiger partial charge in [0.2, 0.25) is 28.0 Å². The van der Waals surface area contributed by atoms with Crippen molar-refractivity contribution in [3.05, 3.63) is 165 Å². The zero-order chi connectivity index (χ0) is 65.4. The van der Waals surface area contributed by atoms with Gasteiger partial charge in [-0.15, -0.1) is 0 Å². The van der Waals surface area contributed by atoms with Crippen molar-refractivity contribution in [2.75, 3.05) is 85.3 Å². The van der Waals surface area contributed by atoms with Gasteiger partial charge in [-0.05, 0) is 123 Å². The molecule has 482 valence electrons. The monoisotopic (exact) mass is 1320 g/mol. The molecule has 3 aromatic heterocycles. The minimum Gasteiger partial charge on any atom is -0.497 e. The summed E-state index contributed by atoms with van der Waals surface area (Å²) in [4.78, 5) is 90.2. The van der Waals surface area contributed by atoms with Crippen molar-refractivity contribution in [2.24, 2.45) is 0 Å². The summed E-state index contributed by atoms with van der Waals surface area (Å²) in [6.07, 6.45) is 3.75. The number of ether oxygens (including phenoxy) is 2. The maximum Gasteiger partial charge on any atom is 0.315 e. The number of hydrogen-bond acceptors (Lipinski definition) is 15. The number of thioether (sulfide) groups is 1. The van der Waals surface area contributed by atoms with Gasteiger partial charge >= 0.3 is 6.03 Å². The topological polar surface area (TPSA) is 266 Å². The molecule has 0 spiro atoms. The van der Waals surface area contributed by atoms with Crippen molar-refractivity contribution in [3.63, 3.8) is 0 Å². The van der Waals surface area contributed by atoms with Crippen LogP contribution in [0, 0.1) is 42.4 Å². The second-order valence-electron chi connectivity index (χ2n) is 23.6. The second-order valence-corrected chi connectivity index (χ2v) is 31.5. The van der Waals surface area contributed by atoms with Gasteiger partial charge in [0.1, 0.15) is 34.4 Å². The van der Waals surface area contributed by atoms with Crippen LogP contribution in [-0.2, 0) is 42.9 Å². The molecule has 6 heterocycles. The van der Waals surface area contributed by atoms with E-state index in [9.17, 15) is 42.8 Å². The minimum atomic E-state index is -3.88. The van der Waals surface area contributed by atoms with Crippen LogP contribution in [0.4, 0.5) is 4.79 Å². The first-order chi connectivity index (χ1) is 44.0. The van der Waals surface area contributed by atoms with Gasteiger partial charge in [-0.2, -0.15) is 11.8 Å². The number of fused-ring (bicyclic) bond motifs is 1. The highest BCUT2D eigenvalue weighted by molar-refractivity contribution is 8.00. The van der Waals surface area contributed by atoms with Crippen LogP contribution >= 0.6 is 33.9 Å². The van der Waals surface area contributed by atoms with Gasteiger partial charge < -0.3 is 40.1 Å². The first kappa shape index (κ1) is 69.0. The lowest BCUT2D eigenvalue weighted by Crippen LogP contribution is -2.36. The summed E-state index contributed by atoms with van der Waals surface area (Å²) in [6, 6.07) is 32.4. The van der Waals surface area contributed by atoms with E-state index >= 15 is 0 Å². The Bertz CT molecular complexity index is 3980. The number of rotatable bonds is 22. The third-order valence-electron chi connectivity index (χ3n) is 15.7. The molecule has 6 atom stereocenters. The van der Waals surface area contributed by atoms with E-state index < -0.39 is 22.1 Å².